The summed E-state index contributed by atoms with van der Waals surface area (Å²) in [4.78, 5) is 8.25. The molecule has 10 heteroatoms. The summed E-state index contributed by atoms with van der Waals surface area (Å²) in [6.07, 6.45) is 0. The van der Waals surface area contributed by atoms with Gasteiger partial charge in [-0.25, -0.2) is 0 Å². The van der Waals surface area contributed by atoms with Gasteiger partial charge in [-0.3, -0.25) is 4.21 Å². The topological polar surface area (TPSA) is 129 Å². The first kappa shape index (κ1) is 16.7. The Morgan fingerprint density at radius 1 is 1.30 bits per heavy atom. The van der Waals surface area contributed by atoms with E-state index >= 15 is 0 Å². The molecular weight excluding hydrogens is 282 g/mol. The van der Waals surface area contributed by atoms with Crippen LogP contribution in [0.1, 0.15) is 0 Å². The molecule has 0 aliphatic heterocycles. The Kier molecular flexibility index (Phi) is 12.2. The first-order chi connectivity index (χ1) is 3.73. The molecule has 0 amide bonds. The molecule has 0 aliphatic rings. The average molecular weight is 282 g/mol. The van der Waals surface area contributed by atoms with Gasteiger partial charge in [-0.1, -0.05) is 0 Å². The molecule has 0 heterocycles. The zero-order chi connectivity index (χ0) is 8.08. The monoisotopic (exact) mass is 281 g/mol. The zero-order valence-electron chi connectivity index (χ0n) is 4.01. The summed E-state index contributed by atoms with van der Waals surface area (Å²) >= 11 is 3.24. The van der Waals surface area contributed by atoms with Crippen molar-refractivity contribution >= 4 is 20.2 Å². The molecule has 1 radical (unpaired) electrons. The van der Waals surface area contributed by atoms with Gasteiger partial charge in [-0.15, -0.1) is 9.05 Å². The van der Waals surface area contributed by atoms with Crippen LogP contribution < -0.4 is 0 Å². The number of hydrogen-bond acceptors (Lipinski definition) is 7. The second kappa shape index (κ2) is 7.34. The van der Waals surface area contributed by atoms with E-state index in [1.54, 1.807) is 0 Å². The van der Waals surface area contributed by atoms with E-state index in [0.29, 0.717) is 0 Å². The van der Waals surface area contributed by atoms with Gasteiger partial charge < -0.3 is 24.4 Å². The molecule has 10 heavy (non-hydrogen) atoms. The molecule has 0 aromatic rings. The molecule has 0 unspecified atom stereocenters. The van der Waals surface area contributed by atoms with Crippen molar-refractivity contribution in [3.63, 3.8) is 0 Å². The number of hydrogen-bond donors (Lipinski definition) is 0. The molecule has 0 aromatic heterocycles. The summed E-state index contributed by atoms with van der Waals surface area (Å²) in [7, 11) is -4.33. The van der Waals surface area contributed by atoms with Gasteiger partial charge in [-0.2, -0.15) is 0 Å². The van der Waals surface area contributed by atoms with Gasteiger partial charge in [0, 0.05) is 22.4 Å². The Labute approximate surface area is 76.4 Å². The van der Waals surface area contributed by atoms with E-state index in [-0.39, 0.29) is 22.4 Å². The summed E-state index contributed by atoms with van der Waals surface area (Å²) in [5, 5.41) is 14.8. The molecule has 0 aromatic carbocycles. The standard InChI is InChI=1S/Ag.NO3.H2O3S2/c;2-1(3)4;1-5(2,3)4/h;;(H2,1,2,3,4)/q;-1;/p-2. The maximum Gasteiger partial charge on any atom is 0.0689 e. The third-order valence-corrected chi connectivity index (χ3v) is 0. The SMILES string of the molecule is O=S([O-])([O-])=S.O=[N+]([O-])[O-].[Ag]. The van der Waals surface area contributed by atoms with Crippen molar-refractivity contribution in [2.24, 2.45) is 0 Å². The largest absolute Gasteiger partial charge is 0.780 e. The molecule has 0 N–H and O–H groups in total. The Morgan fingerprint density at radius 2 is 1.30 bits per heavy atom. The molecule has 0 saturated carbocycles. The summed E-state index contributed by atoms with van der Waals surface area (Å²) in [5.74, 6) is 0. The minimum atomic E-state index is -4.33. The fourth-order valence-corrected chi connectivity index (χ4v) is 0. The predicted molar refractivity (Wildman–Crippen MR) is 27.4 cm³/mol. The van der Waals surface area contributed by atoms with Crippen molar-refractivity contribution in [1.82, 2.24) is 0 Å². The molecule has 0 spiro atoms. The second-order valence-electron chi connectivity index (χ2n) is 0.632. The van der Waals surface area contributed by atoms with Crippen LogP contribution in [0.3, 0.4) is 0 Å². The van der Waals surface area contributed by atoms with Gasteiger partial charge in [0.2, 0.25) is 0 Å². The van der Waals surface area contributed by atoms with Crippen LogP contribution >= 0.6 is 0 Å². The average Bonchev–Trinajstić information content (AvgIpc) is 1.19. The Balaban J connectivity index is -0.0000000910. The summed E-state index contributed by atoms with van der Waals surface area (Å²) in [6.45, 7) is 0. The van der Waals surface area contributed by atoms with Crippen LogP contribution in [-0.4, -0.2) is 18.4 Å². The quantitative estimate of drug-likeness (QED) is 0.308. The van der Waals surface area contributed by atoms with Crippen molar-refractivity contribution in [2.75, 3.05) is 0 Å². The third-order valence-electron chi connectivity index (χ3n) is 0. The number of nitrogens with zero attached hydrogens (tertiary/aromatic N) is 1. The van der Waals surface area contributed by atoms with Gasteiger partial charge in [0.05, 0.1) is 5.09 Å². The van der Waals surface area contributed by atoms with E-state index in [9.17, 15) is 0 Å². The van der Waals surface area contributed by atoms with Crippen LogP contribution in [0.25, 0.3) is 0 Å². The minimum Gasteiger partial charge on any atom is -0.780 e. The summed E-state index contributed by atoms with van der Waals surface area (Å²) < 4.78 is 26.7. The first-order valence-corrected chi connectivity index (χ1v) is 3.55. The molecule has 0 rings (SSSR count). The molecule has 7 nitrogen and oxygen atoms in total. The van der Waals surface area contributed by atoms with E-state index in [1.807, 2.05) is 0 Å². The van der Waals surface area contributed by atoms with Gasteiger partial charge in [0.25, 0.3) is 0 Å². The third kappa shape index (κ3) is 8110. The van der Waals surface area contributed by atoms with Crippen molar-refractivity contribution in [3.05, 3.63) is 15.3 Å². The Hall–Kier alpha value is 0.230. The molecule has 0 atom stereocenters. The van der Waals surface area contributed by atoms with Crippen molar-refractivity contribution < 1.29 is 40.8 Å². The molecule has 0 saturated heterocycles. The van der Waals surface area contributed by atoms with Crippen molar-refractivity contribution in [3.8, 4) is 0 Å². The van der Waals surface area contributed by atoms with Crippen LogP contribution in [0.2, 0.25) is 0 Å². The zero-order valence-corrected chi connectivity index (χ0v) is 7.13. The molecule has 67 valence electrons. The molecular formula is AgNO6S2-3. The van der Waals surface area contributed by atoms with E-state index in [0.717, 1.165) is 0 Å². The summed E-state index contributed by atoms with van der Waals surface area (Å²) in [5.41, 5.74) is 0. The maximum absolute atomic E-state index is 8.89. The normalized spacial score (nSPS) is 8.20. The van der Waals surface area contributed by atoms with Gasteiger partial charge >= 0.3 is 0 Å². The van der Waals surface area contributed by atoms with Gasteiger partial charge in [0.15, 0.2) is 0 Å². The molecule has 0 fully saturated rings. The Morgan fingerprint density at radius 3 is 1.30 bits per heavy atom. The van der Waals surface area contributed by atoms with Gasteiger partial charge in [-0.05, 0) is 11.2 Å². The second-order valence-corrected chi connectivity index (χ2v) is 2.67. The van der Waals surface area contributed by atoms with Crippen molar-refractivity contribution in [1.29, 1.82) is 0 Å². The van der Waals surface area contributed by atoms with Crippen LogP contribution in [0.15, 0.2) is 0 Å². The van der Waals surface area contributed by atoms with E-state index in [4.69, 9.17) is 28.6 Å². The van der Waals surface area contributed by atoms with Crippen LogP contribution in [0.5, 0.6) is 0 Å². The van der Waals surface area contributed by atoms with Crippen LogP contribution in [0.4, 0.5) is 0 Å². The Bertz CT molecular complexity index is 158. The minimum absolute atomic E-state index is 0. The van der Waals surface area contributed by atoms with E-state index < -0.39 is 14.1 Å². The summed E-state index contributed by atoms with van der Waals surface area (Å²) in [6, 6.07) is 0. The fraction of sp³-hybridized carbons (Fsp3) is 0. The smallest absolute Gasteiger partial charge is 0.0689 e. The van der Waals surface area contributed by atoms with E-state index in [1.165, 1.54) is 0 Å². The van der Waals surface area contributed by atoms with Crippen molar-refractivity contribution in [2.45, 2.75) is 0 Å². The predicted octanol–water partition coefficient (Wildman–Crippen LogP) is -1.25. The maximum atomic E-state index is 8.89. The van der Waals surface area contributed by atoms with Crippen LogP contribution in [-0.2, 0) is 42.6 Å². The molecule has 0 bridgehead atoms. The van der Waals surface area contributed by atoms with Gasteiger partial charge in [0.1, 0.15) is 0 Å². The first-order valence-electron chi connectivity index (χ1n) is 1.21. The van der Waals surface area contributed by atoms with Crippen LogP contribution in [0, 0.1) is 15.3 Å². The molecule has 0 aliphatic carbocycles. The number of rotatable bonds is 0. The fourth-order valence-electron chi connectivity index (χ4n) is 0. The van der Waals surface area contributed by atoms with E-state index in [2.05, 4.69) is 11.2 Å².